The molecule has 0 saturated heterocycles. The predicted octanol–water partition coefficient (Wildman–Crippen LogP) is 10.6. The van der Waals surface area contributed by atoms with Crippen molar-refractivity contribution >= 4 is 37.6 Å². The van der Waals surface area contributed by atoms with Crippen LogP contribution in [-0.4, -0.2) is 5.78 Å². The van der Waals surface area contributed by atoms with E-state index in [2.05, 4.69) is 31.9 Å². The van der Waals surface area contributed by atoms with Crippen molar-refractivity contribution in [2.75, 3.05) is 0 Å². The van der Waals surface area contributed by atoms with E-state index in [-0.39, 0.29) is 24.0 Å². The fraction of sp³-hybridized carbons (Fsp3) is 0.194. The first kappa shape index (κ1) is 30.1. The van der Waals surface area contributed by atoms with Crippen LogP contribution >= 0.6 is 31.9 Å². The number of carbonyl (C=O) groups excluding carboxylic acids is 1. The van der Waals surface area contributed by atoms with Crippen molar-refractivity contribution in [3.63, 3.8) is 0 Å². The maximum absolute atomic E-state index is 14.0. The molecule has 0 aliphatic heterocycles. The summed E-state index contributed by atoms with van der Waals surface area (Å²) in [4.78, 5) is 13.6. The number of halogens is 8. The van der Waals surface area contributed by atoms with Gasteiger partial charge in [-0.05, 0) is 58.7 Å². The fourth-order valence-electron chi connectivity index (χ4n) is 4.86. The molecule has 2 atom stereocenters. The van der Waals surface area contributed by atoms with E-state index in [9.17, 15) is 31.1 Å². The molecular weight excluding hydrogens is 662 g/mol. The minimum atomic E-state index is -4.65. The average molecular weight is 684 g/mol. The van der Waals surface area contributed by atoms with Gasteiger partial charge < -0.3 is 0 Å². The van der Waals surface area contributed by atoms with Gasteiger partial charge in [0.2, 0.25) is 0 Å². The van der Waals surface area contributed by atoms with Crippen LogP contribution in [-0.2, 0) is 17.1 Å². The van der Waals surface area contributed by atoms with Crippen LogP contribution < -0.4 is 0 Å². The third-order valence-electron chi connectivity index (χ3n) is 6.69. The summed E-state index contributed by atoms with van der Waals surface area (Å²) in [5.41, 5.74) is -0.874. The Morgan fingerprint density at radius 3 is 1.20 bits per heavy atom. The SMILES string of the molecule is O=C(CC(c1ccc(Br)cc1)c1ccccc1C(F)(F)F)CC(c1ccc(Br)cc1)c1ccccc1C(F)(F)F. The number of rotatable bonds is 8. The number of hydrogen-bond donors (Lipinski definition) is 0. The highest BCUT2D eigenvalue weighted by Crippen LogP contribution is 2.42. The first-order chi connectivity index (χ1) is 18.8. The molecule has 2 unspecified atom stereocenters. The molecule has 0 amide bonds. The van der Waals surface area contributed by atoms with E-state index in [1.807, 2.05) is 0 Å². The van der Waals surface area contributed by atoms with Gasteiger partial charge in [0.25, 0.3) is 0 Å². The Balaban J connectivity index is 1.76. The molecular formula is C31H22Br2F6O. The molecule has 4 aromatic rings. The molecule has 0 aromatic heterocycles. The predicted molar refractivity (Wildman–Crippen MR) is 149 cm³/mol. The molecule has 0 aliphatic rings. The summed E-state index contributed by atoms with van der Waals surface area (Å²) in [7, 11) is 0. The van der Waals surface area contributed by atoms with Crippen molar-refractivity contribution in [2.24, 2.45) is 0 Å². The fourth-order valence-corrected chi connectivity index (χ4v) is 5.39. The molecule has 9 heteroatoms. The third kappa shape index (κ3) is 7.23. The number of benzene rings is 4. The van der Waals surface area contributed by atoms with Crippen molar-refractivity contribution in [1.29, 1.82) is 0 Å². The van der Waals surface area contributed by atoms with Gasteiger partial charge >= 0.3 is 12.4 Å². The molecule has 0 radical (unpaired) electrons. The molecule has 0 saturated carbocycles. The van der Waals surface area contributed by atoms with Crippen molar-refractivity contribution in [2.45, 2.75) is 37.0 Å². The summed E-state index contributed by atoms with van der Waals surface area (Å²) in [6.45, 7) is 0. The molecule has 0 spiro atoms. The van der Waals surface area contributed by atoms with Gasteiger partial charge in [-0.2, -0.15) is 26.3 Å². The van der Waals surface area contributed by atoms with E-state index in [0.717, 1.165) is 12.1 Å². The zero-order valence-electron chi connectivity index (χ0n) is 20.7. The second-order valence-corrected chi connectivity index (χ2v) is 11.2. The maximum Gasteiger partial charge on any atom is 0.416 e. The lowest BCUT2D eigenvalue weighted by Gasteiger charge is -2.25. The van der Waals surface area contributed by atoms with E-state index in [0.29, 0.717) is 20.1 Å². The van der Waals surface area contributed by atoms with Gasteiger partial charge in [-0.3, -0.25) is 4.79 Å². The summed E-state index contributed by atoms with van der Waals surface area (Å²) in [6.07, 6.45) is -9.95. The highest BCUT2D eigenvalue weighted by Gasteiger charge is 2.38. The van der Waals surface area contributed by atoms with Crippen LogP contribution in [0.15, 0.2) is 106 Å². The molecule has 4 aromatic carbocycles. The largest absolute Gasteiger partial charge is 0.416 e. The van der Waals surface area contributed by atoms with Crippen molar-refractivity contribution in [3.8, 4) is 0 Å². The Morgan fingerprint density at radius 2 is 0.875 bits per heavy atom. The number of alkyl halides is 6. The van der Waals surface area contributed by atoms with Crippen LogP contribution in [0.1, 0.15) is 58.1 Å². The van der Waals surface area contributed by atoms with Gasteiger partial charge in [0, 0.05) is 33.6 Å². The summed E-state index contributed by atoms with van der Waals surface area (Å²) < 4.78 is 85.2. The van der Waals surface area contributed by atoms with E-state index >= 15 is 0 Å². The number of ketones is 1. The van der Waals surface area contributed by atoms with E-state index in [1.54, 1.807) is 48.5 Å². The average Bonchev–Trinajstić information content (AvgIpc) is 2.91. The van der Waals surface area contributed by atoms with Crippen molar-refractivity contribution < 1.29 is 31.1 Å². The van der Waals surface area contributed by atoms with Crippen LogP contribution in [0.25, 0.3) is 0 Å². The molecule has 40 heavy (non-hydrogen) atoms. The zero-order valence-corrected chi connectivity index (χ0v) is 23.9. The molecule has 0 fully saturated rings. The summed E-state index contributed by atoms with van der Waals surface area (Å²) >= 11 is 6.64. The first-order valence-electron chi connectivity index (χ1n) is 12.2. The van der Waals surface area contributed by atoms with Gasteiger partial charge in [-0.1, -0.05) is 92.5 Å². The van der Waals surface area contributed by atoms with Crippen LogP contribution in [0.2, 0.25) is 0 Å². The molecule has 208 valence electrons. The van der Waals surface area contributed by atoms with Crippen LogP contribution in [0.5, 0.6) is 0 Å². The van der Waals surface area contributed by atoms with Crippen molar-refractivity contribution in [3.05, 3.63) is 139 Å². The van der Waals surface area contributed by atoms with E-state index in [1.165, 1.54) is 36.4 Å². The monoisotopic (exact) mass is 682 g/mol. The summed E-state index contributed by atoms with van der Waals surface area (Å²) in [6, 6.07) is 23.4. The molecule has 1 nitrogen and oxygen atoms in total. The third-order valence-corrected chi connectivity index (χ3v) is 7.75. The molecule has 0 N–H and O–H groups in total. The number of carbonyl (C=O) groups is 1. The van der Waals surface area contributed by atoms with Gasteiger partial charge in [0.1, 0.15) is 5.78 Å². The quantitative estimate of drug-likeness (QED) is 0.169. The highest BCUT2D eigenvalue weighted by molar-refractivity contribution is 9.10. The van der Waals surface area contributed by atoms with E-state index in [4.69, 9.17) is 0 Å². The van der Waals surface area contributed by atoms with Crippen molar-refractivity contribution in [1.82, 2.24) is 0 Å². The standard InChI is InChI=1S/C31H22Br2F6O/c32-21-13-9-19(10-14-21)26(24-5-1-3-7-28(24)30(34,35)36)17-23(40)18-27(20-11-15-22(33)16-12-20)25-6-2-4-8-29(25)31(37,38)39/h1-16,26-27H,17-18H2. The Labute approximate surface area is 244 Å². The molecule has 4 rings (SSSR count). The normalized spacial score (nSPS) is 13.6. The lowest BCUT2D eigenvalue weighted by molar-refractivity contribution is -0.139. The van der Waals surface area contributed by atoms with Crippen LogP contribution in [0.4, 0.5) is 26.3 Å². The van der Waals surface area contributed by atoms with Crippen LogP contribution in [0, 0.1) is 0 Å². The van der Waals surface area contributed by atoms with Crippen LogP contribution in [0.3, 0.4) is 0 Å². The first-order valence-corrected chi connectivity index (χ1v) is 13.8. The zero-order chi connectivity index (χ0) is 29.1. The van der Waals surface area contributed by atoms with Gasteiger partial charge in [0.05, 0.1) is 11.1 Å². The number of hydrogen-bond acceptors (Lipinski definition) is 1. The lowest BCUT2D eigenvalue weighted by atomic mass is 9.80. The second-order valence-electron chi connectivity index (χ2n) is 9.33. The Kier molecular flexibility index (Phi) is 9.25. The van der Waals surface area contributed by atoms with Gasteiger partial charge in [-0.25, -0.2) is 0 Å². The maximum atomic E-state index is 14.0. The van der Waals surface area contributed by atoms with E-state index < -0.39 is 41.1 Å². The summed E-state index contributed by atoms with van der Waals surface area (Å²) in [5.74, 6) is -2.38. The lowest BCUT2D eigenvalue weighted by Crippen LogP contribution is -2.18. The Bertz CT molecular complexity index is 1350. The highest BCUT2D eigenvalue weighted by atomic mass is 79.9. The minimum Gasteiger partial charge on any atom is -0.300 e. The summed E-state index contributed by atoms with van der Waals surface area (Å²) in [5, 5.41) is 0. The Hall–Kier alpha value is -2.91. The second kappa shape index (κ2) is 12.3. The molecule has 0 heterocycles. The topological polar surface area (TPSA) is 17.1 Å². The number of Topliss-reactive ketones (excluding diaryl/α,β-unsaturated/α-hetero) is 1. The Morgan fingerprint density at radius 1 is 0.550 bits per heavy atom. The molecule has 0 aliphatic carbocycles. The smallest absolute Gasteiger partial charge is 0.300 e. The van der Waals surface area contributed by atoms with Gasteiger partial charge in [-0.15, -0.1) is 0 Å². The molecule has 0 bridgehead atoms. The van der Waals surface area contributed by atoms with Gasteiger partial charge in [0.15, 0.2) is 0 Å². The minimum absolute atomic E-state index is 0.0680.